The molecule has 0 saturated carbocycles. The number of hydrogen-bond donors (Lipinski definition) is 0. The predicted octanol–water partition coefficient (Wildman–Crippen LogP) is 1.09. The lowest BCUT2D eigenvalue weighted by atomic mass is 10.00. The highest BCUT2D eigenvalue weighted by Gasteiger charge is 2.18. The summed E-state index contributed by atoms with van der Waals surface area (Å²) in [5, 5.41) is 0. The first-order chi connectivity index (χ1) is 9.31. The first-order valence-electron chi connectivity index (χ1n) is 7.42. The molecule has 1 aromatic carbocycles. The van der Waals surface area contributed by atoms with Gasteiger partial charge in [0, 0.05) is 52.4 Å². The van der Waals surface area contributed by atoms with Gasteiger partial charge >= 0.3 is 0 Å². The van der Waals surface area contributed by atoms with Crippen LogP contribution in [0.15, 0.2) is 18.2 Å². The van der Waals surface area contributed by atoms with Crippen LogP contribution in [0.25, 0.3) is 0 Å². The summed E-state index contributed by atoms with van der Waals surface area (Å²) < 4.78 is 0. The Morgan fingerprint density at radius 2 is 1.79 bits per heavy atom. The second-order valence-corrected chi connectivity index (χ2v) is 5.87. The third-order valence-electron chi connectivity index (χ3n) is 4.47. The van der Waals surface area contributed by atoms with E-state index in [0.29, 0.717) is 0 Å². The van der Waals surface area contributed by atoms with E-state index >= 15 is 0 Å². The van der Waals surface area contributed by atoms with Crippen LogP contribution in [0.1, 0.15) is 11.1 Å². The van der Waals surface area contributed by atoms with Crippen molar-refractivity contribution >= 4 is 0 Å². The van der Waals surface area contributed by atoms with Crippen LogP contribution in [0.3, 0.4) is 0 Å². The summed E-state index contributed by atoms with van der Waals surface area (Å²) in [5.41, 5.74) is 3.00. The SMILES string of the molecule is CN1CCN(CCN2CCc3cc[c]cc3C2)CC1. The number of benzene rings is 1. The second-order valence-electron chi connectivity index (χ2n) is 5.87. The van der Waals surface area contributed by atoms with Gasteiger partial charge in [-0.2, -0.15) is 0 Å². The van der Waals surface area contributed by atoms with Gasteiger partial charge in [0.25, 0.3) is 0 Å². The Morgan fingerprint density at radius 1 is 1.00 bits per heavy atom. The molecule has 2 heterocycles. The molecule has 0 amide bonds. The molecule has 1 aromatic rings. The van der Waals surface area contributed by atoms with Crippen LogP contribution in [-0.2, 0) is 13.0 Å². The summed E-state index contributed by atoms with van der Waals surface area (Å²) in [4.78, 5) is 7.62. The van der Waals surface area contributed by atoms with Crippen molar-refractivity contribution in [2.75, 3.05) is 52.9 Å². The third kappa shape index (κ3) is 3.35. The first-order valence-corrected chi connectivity index (χ1v) is 7.42. The Morgan fingerprint density at radius 3 is 2.63 bits per heavy atom. The summed E-state index contributed by atoms with van der Waals surface area (Å²) in [6.07, 6.45) is 1.20. The Labute approximate surface area is 116 Å². The minimum absolute atomic E-state index is 1.11. The van der Waals surface area contributed by atoms with Gasteiger partial charge in [-0.15, -0.1) is 0 Å². The van der Waals surface area contributed by atoms with Crippen LogP contribution < -0.4 is 0 Å². The molecular formula is C16H24N3. The molecule has 0 aromatic heterocycles. The van der Waals surface area contributed by atoms with Crippen molar-refractivity contribution in [2.45, 2.75) is 13.0 Å². The maximum atomic E-state index is 3.21. The van der Waals surface area contributed by atoms with Crippen LogP contribution in [0.5, 0.6) is 0 Å². The fourth-order valence-corrected chi connectivity index (χ4v) is 3.03. The lowest BCUT2D eigenvalue weighted by Crippen LogP contribution is -2.47. The van der Waals surface area contributed by atoms with E-state index in [-0.39, 0.29) is 0 Å². The lowest BCUT2D eigenvalue weighted by Gasteiger charge is -2.35. The van der Waals surface area contributed by atoms with Crippen molar-refractivity contribution < 1.29 is 0 Å². The van der Waals surface area contributed by atoms with Crippen molar-refractivity contribution in [3.05, 3.63) is 35.4 Å². The van der Waals surface area contributed by atoms with Gasteiger partial charge in [-0.3, -0.25) is 9.80 Å². The summed E-state index contributed by atoms with van der Waals surface area (Å²) >= 11 is 0. The molecule has 0 aliphatic carbocycles. The van der Waals surface area contributed by atoms with E-state index in [1.165, 1.54) is 63.4 Å². The minimum atomic E-state index is 1.11. The Kier molecular flexibility index (Phi) is 4.16. The molecule has 1 fully saturated rings. The van der Waals surface area contributed by atoms with Crippen molar-refractivity contribution in [1.82, 2.24) is 14.7 Å². The molecular weight excluding hydrogens is 234 g/mol. The van der Waals surface area contributed by atoms with Crippen molar-refractivity contribution in [3.63, 3.8) is 0 Å². The monoisotopic (exact) mass is 258 g/mol. The average molecular weight is 258 g/mol. The number of hydrogen-bond acceptors (Lipinski definition) is 3. The van der Waals surface area contributed by atoms with E-state index in [1.807, 2.05) is 6.07 Å². The summed E-state index contributed by atoms with van der Waals surface area (Å²) in [6, 6.07) is 9.64. The van der Waals surface area contributed by atoms with E-state index in [9.17, 15) is 0 Å². The van der Waals surface area contributed by atoms with E-state index in [0.717, 1.165) is 6.54 Å². The largest absolute Gasteiger partial charge is 0.304 e. The first kappa shape index (κ1) is 13.1. The second kappa shape index (κ2) is 6.04. The standard InChI is InChI=1S/C16H24N3/c1-17-8-10-18(11-9-17)12-13-19-7-6-15-4-2-3-5-16(15)14-19/h2,4-5H,6-14H2,1H3. The number of fused-ring (bicyclic) bond motifs is 1. The Bertz CT molecular complexity index is 410. The normalized spacial score (nSPS) is 22.4. The van der Waals surface area contributed by atoms with Crippen molar-refractivity contribution in [1.29, 1.82) is 0 Å². The van der Waals surface area contributed by atoms with Gasteiger partial charge in [-0.25, -0.2) is 0 Å². The van der Waals surface area contributed by atoms with Crippen molar-refractivity contribution in [3.8, 4) is 0 Å². The quantitative estimate of drug-likeness (QED) is 0.804. The lowest BCUT2D eigenvalue weighted by molar-refractivity contribution is 0.131. The molecule has 1 saturated heterocycles. The molecule has 2 aliphatic heterocycles. The smallest absolute Gasteiger partial charge is 0.0237 e. The molecule has 0 spiro atoms. The fourth-order valence-electron chi connectivity index (χ4n) is 3.03. The Balaban J connectivity index is 1.47. The van der Waals surface area contributed by atoms with Crippen LogP contribution in [0.2, 0.25) is 0 Å². The molecule has 3 heteroatoms. The van der Waals surface area contributed by atoms with E-state index in [4.69, 9.17) is 0 Å². The van der Waals surface area contributed by atoms with Gasteiger partial charge in [-0.05, 0) is 36.7 Å². The summed E-state index contributed by atoms with van der Waals surface area (Å²) in [6.45, 7) is 9.65. The Hall–Kier alpha value is -0.900. The van der Waals surface area contributed by atoms with E-state index in [2.05, 4.69) is 39.9 Å². The van der Waals surface area contributed by atoms with Gasteiger partial charge in [0.2, 0.25) is 0 Å². The van der Waals surface area contributed by atoms with Crippen LogP contribution in [0.4, 0.5) is 0 Å². The van der Waals surface area contributed by atoms with E-state index < -0.39 is 0 Å². The van der Waals surface area contributed by atoms with Crippen LogP contribution >= 0.6 is 0 Å². The van der Waals surface area contributed by atoms with Gasteiger partial charge in [-0.1, -0.05) is 12.1 Å². The summed E-state index contributed by atoms with van der Waals surface area (Å²) in [7, 11) is 2.22. The fraction of sp³-hybridized carbons (Fsp3) is 0.625. The minimum Gasteiger partial charge on any atom is -0.304 e. The highest BCUT2D eigenvalue weighted by atomic mass is 15.3. The molecule has 103 valence electrons. The van der Waals surface area contributed by atoms with Gasteiger partial charge in [0.1, 0.15) is 0 Å². The molecule has 19 heavy (non-hydrogen) atoms. The zero-order chi connectivity index (χ0) is 13.1. The number of nitrogens with zero attached hydrogens (tertiary/aromatic N) is 3. The van der Waals surface area contributed by atoms with Gasteiger partial charge in [0.05, 0.1) is 0 Å². The average Bonchev–Trinajstić information content (AvgIpc) is 2.46. The highest BCUT2D eigenvalue weighted by Crippen LogP contribution is 2.17. The maximum Gasteiger partial charge on any atom is 0.0237 e. The zero-order valence-corrected chi connectivity index (χ0v) is 11.9. The van der Waals surface area contributed by atoms with Crippen LogP contribution in [0, 0.1) is 6.07 Å². The number of rotatable bonds is 3. The van der Waals surface area contributed by atoms with Crippen molar-refractivity contribution in [2.24, 2.45) is 0 Å². The molecule has 3 rings (SSSR count). The van der Waals surface area contributed by atoms with Gasteiger partial charge < -0.3 is 4.90 Å². The zero-order valence-electron chi connectivity index (χ0n) is 11.9. The maximum absolute atomic E-state index is 3.21. The molecule has 0 bridgehead atoms. The van der Waals surface area contributed by atoms with Gasteiger partial charge in [0.15, 0.2) is 0 Å². The molecule has 0 atom stereocenters. The number of likely N-dealkylation sites (N-methyl/N-ethyl adjacent to an activating group) is 1. The molecule has 3 nitrogen and oxygen atoms in total. The number of piperazine rings is 1. The highest BCUT2D eigenvalue weighted by molar-refractivity contribution is 5.28. The van der Waals surface area contributed by atoms with Crippen LogP contribution in [-0.4, -0.2) is 67.6 Å². The van der Waals surface area contributed by atoms with E-state index in [1.54, 1.807) is 0 Å². The topological polar surface area (TPSA) is 9.72 Å². The molecule has 0 N–H and O–H groups in total. The molecule has 1 radical (unpaired) electrons. The predicted molar refractivity (Wildman–Crippen MR) is 78.2 cm³/mol. The third-order valence-corrected chi connectivity index (χ3v) is 4.47. The molecule has 0 unspecified atom stereocenters. The molecule has 2 aliphatic rings. The summed E-state index contributed by atoms with van der Waals surface area (Å²) in [5.74, 6) is 0.